The molecule has 0 bridgehead atoms. The van der Waals surface area contributed by atoms with Crippen LogP contribution in [0.15, 0.2) is 24.5 Å². The minimum Gasteiger partial charge on any atom is -0.444 e. The number of rotatable bonds is 9. The molecule has 1 saturated heterocycles. The van der Waals surface area contributed by atoms with E-state index in [1.54, 1.807) is 0 Å². The fourth-order valence-electron chi connectivity index (χ4n) is 13.0. The molecule has 12 heteroatoms. The maximum absolute atomic E-state index is 14.0. The number of hydrogen-bond donors (Lipinski definition) is 3. The molecule has 0 aromatic carbocycles. The van der Waals surface area contributed by atoms with Crippen LogP contribution in [0, 0.1) is 16.7 Å². The number of aliphatic hydroxyl groups excluding tert-OH is 1. The first kappa shape index (κ1) is 49.8. The van der Waals surface area contributed by atoms with E-state index in [0.717, 1.165) is 88.9 Å². The van der Waals surface area contributed by atoms with Crippen molar-refractivity contribution in [1.29, 1.82) is 0 Å². The number of aromatic nitrogens is 2. The molecule has 370 valence electrons. The summed E-state index contributed by atoms with van der Waals surface area (Å²) in [5.74, 6) is 1.83. The highest BCUT2D eigenvalue weighted by atomic mass is 16.6. The second-order valence-corrected chi connectivity index (χ2v) is 23.1. The van der Waals surface area contributed by atoms with E-state index in [1.807, 2.05) is 32.6 Å². The number of hydrogen-bond acceptors (Lipinski definition) is 9. The van der Waals surface area contributed by atoms with E-state index in [9.17, 15) is 19.5 Å². The predicted octanol–water partition coefficient (Wildman–Crippen LogP) is 9.44. The molecule has 4 aliphatic carbocycles. The van der Waals surface area contributed by atoms with Crippen molar-refractivity contribution in [3.63, 3.8) is 0 Å². The SMILES string of the molecule is CC(C)[C@]1(C(=O)N2CCc3ncc(C4CCCCC4)cc3C2)CC[C@@H](NC(=O)OC(C)(C)C)C1.CC(O)[C@]1(C(=O)N2CCc3ncc(C4CCCCC4)cc3C2)CC[C@@H](NC2CCOCC2)C1. The zero-order valence-electron chi connectivity index (χ0n) is 42.0. The minimum atomic E-state index is -0.672. The van der Waals surface area contributed by atoms with Gasteiger partial charge < -0.3 is 35.0 Å². The molecule has 5 heterocycles. The van der Waals surface area contributed by atoms with Crippen LogP contribution in [0.2, 0.25) is 0 Å². The van der Waals surface area contributed by atoms with Crippen molar-refractivity contribution in [3.8, 4) is 0 Å². The minimum absolute atomic E-state index is 0.0298. The highest BCUT2D eigenvalue weighted by Gasteiger charge is 2.52. The molecule has 0 spiro atoms. The third kappa shape index (κ3) is 11.7. The normalized spacial score (nSPS) is 28.0. The summed E-state index contributed by atoms with van der Waals surface area (Å²) in [5.41, 5.74) is 5.81. The number of pyridine rings is 2. The zero-order chi connectivity index (χ0) is 47.3. The second-order valence-electron chi connectivity index (χ2n) is 23.1. The van der Waals surface area contributed by atoms with Crippen LogP contribution < -0.4 is 10.6 Å². The van der Waals surface area contributed by atoms with Gasteiger partial charge in [-0.05, 0) is 145 Å². The number of carbonyl (C=O) groups is 3. The Kier molecular flexibility index (Phi) is 16.0. The monoisotopic (exact) mass is 925 g/mol. The van der Waals surface area contributed by atoms with Crippen molar-refractivity contribution in [2.24, 2.45) is 16.7 Å². The smallest absolute Gasteiger partial charge is 0.407 e. The van der Waals surface area contributed by atoms with Gasteiger partial charge in [0.05, 0.1) is 16.9 Å². The van der Waals surface area contributed by atoms with Crippen molar-refractivity contribution in [1.82, 2.24) is 30.4 Å². The molecule has 2 aromatic heterocycles. The first-order chi connectivity index (χ1) is 32.1. The molecule has 3 aliphatic heterocycles. The Morgan fingerprint density at radius 1 is 0.701 bits per heavy atom. The molecule has 1 unspecified atom stereocenters. The Bertz CT molecular complexity index is 2020. The number of amides is 3. The topological polar surface area (TPSA) is 146 Å². The van der Waals surface area contributed by atoms with Gasteiger partial charge in [0.2, 0.25) is 11.8 Å². The highest BCUT2D eigenvalue weighted by Crippen LogP contribution is 2.47. The standard InChI is InChI=1S/C28H43N3O3.C27H41N3O3/c1-19(2)28(13-11-23(16-28)30-26(33)34-27(3,4)5)25(32)31-14-12-24-22(18-31)15-21(17-29-24)20-9-7-6-8-10-20;1-19(31)27(11-7-24(16-27)29-23-9-13-33-14-10-23)26(32)30-12-8-25-22(18-30)15-21(17-28-25)20-5-3-2-4-6-20/h15,17,19-20,23H,6-14,16,18H2,1-5H3,(H,30,33);15,17,19-20,23-24,29,31H,2-14,16,18H2,1H3/t23-,28+;19?,24-,27+/m11/s1. The first-order valence-corrected chi connectivity index (χ1v) is 26.7. The molecule has 12 nitrogen and oxygen atoms in total. The summed E-state index contributed by atoms with van der Waals surface area (Å²) in [6.07, 6.45) is 24.5. The van der Waals surface area contributed by atoms with Crippen molar-refractivity contribution in [3.05, 3.63) is 58.2 Å². The number of fused-ring (bicyclic) bond motifs is 2. The van der Waals surface area contributed by atoms with Gasteiger partial charge in [0.1, 0.15) is 5.60 Å². The molecule has 9 rings (SSSR count). The van der Waals surface area contributed by atoms with Gasteiger partial charge in [-0.15, -0.1) is 0 Å². The molecule has 3 amide bonds. The number of ether oxygens (including phenoxy) is 2. The van der Waals surface area contributed by atoms with Crippen LogP contribution >= 0.6 is 0 Å². The number of nitrogens with zero attached hydrogens (tertiary/aromatic N) is 4. The van der Waals surface area contributed by atoms with Crippen LogP contribution in [0.5, 0.6) is 0 Å². The van der Waals surface area contributed by atoms with Gasteiger partial charge in [0.25, 0.3) is 0 Å². The van der Waals surface area contributed by atoms with E-state index < -0.39 is 28.6 Å². The zero-order valence-corrected chi connectivity index (χ0v) is 42.0. The molecule has 5 atom stereocenters. The van der Waals surface area contributed by atoms with Crippen molar-refractivity contribution < 1.29 is 29.0 Å². The molecular formula is C55H84N6O6. The summed E-state index contributed by atoms with van der Waals surface area (Å²) in [4.78, 5) is 53.9. The van der Waals surface area contributed by atoms with E-state index in [1.165, 1.54) is 86.5 Å². The van der Waals surface area contributed by atoms with Gasteiger partial charge >= 0.3 is 6.09 Å². The molecule has 3 N–H and O–H groups in total. The van der Waals surface area contributed by atoms with Gasteiger partial charge in [-0.25, -0.2) is 4.79 Å². The van der Waals surface area contributed by atoms with Gasteiger partial charge in [-0.2, -0.15) is 0 Å². The Morgan fingerprint density at radius 3 is 1.70 bits per heavy atom. The number of carbonyl (C=O) groups excluding carboxylic acids is 3. The Morgan fingerprint density at radius 2 is 1.19 bits per heavy atom. The molecule has 5 fully saturated rings. The van der Waals surface area contributed by atoms with Gasteiger partial charge in [-0.1, -0.05) is 64.5 Å². The highest BCUT2D eigenvalue weighted by molar-refractivity contribution is 5.85. The third-order valence-electron chi connectivity index (χ3n) is 17.1. The summed E-state index contributed by atoms with van der Waals surface area (Å²) in [6, 6.07) is 5.40. The van der Waals surface area contributed by atoms with Gasteiger partial charge in [0, 0.05) is 94.1 Å². The maximum Gasteiger partial charge on any atom is 0.407 e. The molecular weight excluding hydrogens is 841 g/mol. The van der Waals surface area contributed by atoms with Crippen LogP contribution in [-0.2, 0) is 45.0 Å². The van der Waals surface area contributed by atoms with Gasteiger partial charge in [-0.3, -0.25) is 19.6 Å². The van der Waals surface area contributed by atoms with E-state index in [2.05, 4.69) is 53.9 Å². The summed E-state index contributed by atoms with van der Waals surface area (Å²) < 4.78 is 10.9. The lowest BCUT2D eigenvalue weighted by molar-refractivity contribution is -0.149. The van der Waals surface area contributed by atoms with Crippen LogP contribution in [0.4, 0.5) is 4.79 Å². The quantitative estimate of drug-likeness (QED) is 0.224. The lowest BCUT2D eigenvalue weighted by Gasteiger charge is -2.39. The Balaban J connectivity index is 0.000000182. The summed E-state index contributed by atoms with van der Waals surface area (Å²) >= 11 is 0. The molecule has 0 radical (unpaired) electrons. The van der Waals surface area contributed by atoms with Crippen LogP contribution in [0.1, 0.15) is 203 Å². The number of alkyl carbamates (subject to hydrolysis) is 1. The fourth-order valence-corrected chi connectivity index (χ4v) is 13.0. The van der Waals surface area contributed by atoms with Crippen LogP contribution in [0.25, 0.3) is 0 Å². The average Bonchev–Trinajstić information content (AvgIpc) is 3.97. The average molecular weight is 925 g/mol. The first-order valence-electron chi connectivity index (χ1n) is 26.7. The largest absolute Gasteiger partial charge is 0.444 e. The van der Waals surface area contributed by atoms with Crippen LogP contribution in [0.3, 0.4) is 0 Å². The Labute approximate surface area is 401 Å². The second kappa shape index (κ2) is 21.6. The summed E-state index contributed by atoms with van der Waals surface area (Å²) in [6.45, 7) is 16.1. The fraction of sp³-hybridized carbons (Fsp3) is 0.764. The molecule has 2 aromatic rings. The maximum atomic E-state index is 14.0. The predicted molar refractivity (Wildman–Crippen MR) is 261 cm³/mol. The lowest BCUT2D eigenvalue weighted by Crippen LogP contribution is -2.51. The number of nitrogens with one attached hydrogen (secondary N) is 2. The van der Waals surface area contributed by atoms with E-state index >= 15 is 0 Å². The van der Waals surface area contributed by atoms with Crippen molar-refractivity contribution in [2.75, 3.05) is 26.3 Å². The van der Waals surface area contributed by atoms with Crippen LogP contribution in [-0.4, -0.2) is 98.9 Å². The van der Waals surface area contributed by atoms with Gasteiger partial charge in [0.15, 0.2) is 0 Å². The van der Waals surface area contributed by atoms with E-state index in [-0.39, 0.29) is 23.8 Å². The van der Waals surface area contributed by atoms with Crippen molar-refractivity contribution >= 4 is 17.9 Å². The molecule has 4 saturated carbocycles. The lowest BCUT2D eigenvalue weighted by atomic mass is 9.74. The summed E-state index contributed by atoms with van der Waals surface area (Å²) in [7, 11) is 0. The molecule has 67 heavy (non-hydrogen) atoms. The summed E-state index contributed by atoms with van der Waals surface area (Å²) in [5, 5.41) is 17.6. The van der Waals surface area contributed by atoms with Crippen molar-refractivity contribution in [2.45, 2.75) is 225 Å². The van der Waals surface area contributed by atoms with E-state index in [0.29, 0.717) is 50.0 Å². The van der Waals surface area contributed by atoms with E-state index in [4.69, 9.17) is 19.4 Å². The Hall–Kier alpha value is -3.61. The molecule has 7 aliphatic rings. The third-order valence-corrected chi connectivity index (χ3v) is 17.1. The number of aliphatic hydroxyl groups is 1.